The maximum atomic E-state index is 12.1. The van der Waals surface area contributed by atoms with Gasteiger partial charge >= 0.3 is 6.18 Å². The van der Waals surface area contributed by atoms with Gasteiger partial charge in [0.05, 0.1) is 6.54 Å². The summed E-state index contributed by atoms with van der Waals surface area (Å²) >= 11 is 0. The highest BCUT2D eigenvalue weighted by Gasteiger charge is 2.31. The van der Waals surface area contributed by atoms with Crippen LogP contribution in [0.4, 0.5) is 13.2 Å². The van der Waals surface area contributed by atoms with E-state index in [1.54, 1.807) is 7.05 Å². The van der Waals surface area contributed by atoms with E-state index in [2.05, 4.69) is 22.5 Å². The number of likely N-dealkylation sites (N-methyl/N-ethyl adjacent to an activating group) is 1. The van der Waals surface area contributed by atoms with Gasteiger partial charge in [-0.2, -0.15) is 13.2 Å². The number of hydrogen-bond acceptors (Lipinski definition) is 2. The van der Waals surface area contributed by atoms with Crippen molar-refractivity contribution in [3.05, 3.63) is 0 Å². The van der Waals surface area contributed by atoms with Gasteiger partial charge in [-0.3, -0.25) is 9.79 Å². The first-order chi connectivity index (χ1) is 9.30. The molecule has 1 amide bonds. The Labute approximate surface area is 140 Å². The van der Waals surface area contributed by atoms with E-state index in [0.717, 1.165) is 26.3 Å². The Morgan fingerprint density at radius 1 is 1.24 bits per heavy atom. The second-order valence-electron chi connectivity index (χ2n) is 4.42. The molecule has 0 spiro atoms. The van der Waals surface area contributed by atoms with E-state index in [9.17, 15) is 18.0 Å². The fraction of sp³-hybridized carbons (Fsp3) is 0.833. The second-order valence-corrected chi connectivity index (χ2v) is 4.42. The van der Waals surface area contributed by atoms with Gasteiger partial charge in [0, 0.05) is 20.6 Å². The molecule has 0 saturated carbocycles. The minimum Gasteiger partial charge on any atom is -0.356 e. The molecule has 0 aromatic heterocycles. The number of alkyl halides is 3. The SMILES string of the molecule is CCCCCNC(=NC)NCC(=O)N(C)CC(F)(F)F.I. The zero-order valence-electron chi connectivity index (χ0n) is 12.6. The zero-order valence-corrected chi connectivity index (χ0v) is 14.9. The number of carbonyl (C=O) groups is 1. The summed E-state index contributed by atoms with van der Waals surface area (Å²) < 4.78 is 36.4. The molecule has 0 aromatic rings. The van der Waals surface area contributed by atoms with Crippen LogP contribution in [0.25, 0.3) is 0 Å². The molecule has 21 heavy (non-hydrogen) atoms. The lowest BCUT2D eigenvalue weighted by molar-refractivity contribution is -0.157. The smallest absolute Gasteiger partial charge is 0.356 e. The van der Waals surface area contributed by atoms with E-state index in [1.807, 2.05) is 0 Å². The molecule has 0 rings (SSSR count). The molecule has 5 nitrogen and oxygen atoms in total. The van der Waals surface area contributed by atoms with Crippen LogP contribution in [0.1, 0.15) is 26.2 Å². The summed E-state index contributed by atoms with van der Waals surface area (Å²) in [5, 5.41) is 5.69. The van der Waals surface area contributed by atoms with Gasteiger partial charge in [-0.05, 0) is 6.42 Å². The summed E-state index contributed by atoms with van der Waals surface area (Å²) in [6.07, 6.45) is -1.24. The molecule has 0 unspecified atom stereocenters. The largest absolute Gasteiger partial charge is 0.406 e. The van der Waals surface area contributed by atoms with Crippen LogP contribution in [0.15, 0.2) is 4.99 Å². The summed E-state index contributed by atoms with van der Waals surface area (Å²) in [5.74, 6) is -0.228. The fourth-order valence-corrected chi connectivity index (χ4v) is 1.45. The Kier molecular flexibility index (Phi) is 12.7. The molecule has 0 aromatic carbocycles. The molecule has 0 fully saturated rings. The Morgan fingerprint density at radius 3 is 2.33 bits per heavy atom. The van der Waals surface area contributed by atoms with Crippen LogP contribution in [-0.4, -0.2) is 56.7 Å². The van der Waals surface area contributed by atoms with Crippen molar-refractivity contribution in [1.29, 1.82) is 0 Å². The van der Waals surface area contributed by atoms with E-state index in [-0.39, 0.29) is 30.5 Å². The quantitative estimate of drug-likeness (QED) is 0.285. The van der Waals surface area contributed by atoms with E-state index >= 15 is 0 Å². The van der Waals surface area contributed by atoms with Crippen LogP contribution < -0.4 is 10.6 Å². The zero-order chi connectivity index (χ0) is 15.6. The van der Waals surface area contributed by atoms with Crippen molar-refractivity contribution in [3.8, 4) is 0 Å². The number of nitrogens with one attached hydrogen (secondary N) is 2. The Balaban J connectivity index is 0. The van der Waals surface area contributed by atoms with Crippen molar-refractivity contribution in [2.75, 3.05) is 33.7 Å². The summed E-state index contributed by atoms with van der Waals surface area (Å²) in [7, 11) is 2.66. The molecular formula is C12H24F3IN4O. The topological polar surface area (TPSA) is 56.7 Å². The molecule has 0 radical (unpaired) electrons. The van der Waals surface area contributed by atoms with Gasteiger partial charge in [0.25, 0.3) is 0 Å². The van der Waals surface area contributed by atoms with Gasteiger partial charge in [0.15, 0.2) is 5.96 Å². The summed E-state index contributed by atoms with van der Waals surface area (Å²) in [5.41, 5.74) is 0. The van der Waals surface area contributed by atoms with Crippen molar-refractivity contribution in [2.24, 2.45) is 4.99 Å². The predicted octanol–water partition coefficient (Wildman–Crippen LogP) is 1.98. The number of aliphatic imine (C=N–C) groups is 1. The van der Waals surface area contributed by atoms with Crippen LogP contribution in [0.5, 0.6) is 0 Å². The highest BCUT2D eigenvalue weighted by molar-refractivity contribution is 14.0. The molecular weight excluding hydrogens is 400 g/mol. The monoisotopic (exact) mass is 424 g/mol. The number of hydrogen-bond donors (Lipinski definition) is 2. The molecule has 0 saturated heterocycles. The van der Waals surface area contributed by atoms with Crippen molar-refractivity contribution in [1.82, 2.24) is 15.5 Å². The van der Waals surface area contributed by atoms with Crippen LogP contribution in [-0.2, 0) is 4.79 Å². The van der Waals surface area contributed by atoms with Crippen molar-refractivity contribution in [2.45, 2.75) is 32.4 Å². The summed E-state index contributed by atoms with van der Waals surface area (Å²) in [4.78, 5) is 16.0. The third-order valence-corrected chi connectivity index (χ3v) is 2.55. The number of carbonyl (C=O) groups excluding carboxylic acids is 1. The van der Waals surface area contributed by atoms with E-state index in [1.165, 1.54) is 0 Å². The average molecular weight is 424 g/mol. The lowest BCUT2D eigenvalue weighted by Gasteiger charge is -2.19. The highest BCUT2D eigenvalue weighted by atomic mass is 127. The molecule has 0 heterocycles. The average Bonchev–Trinajstić information content (AvgIpc) is 2.35. The first-order valence-electron chi connectivity index (χ1n) is 6.55. The Morgan fingerprint density at radius 2 is 1.86 bits per heavy atom. The molecule has 2 N–H and O–H groups in total. The lowest BCUT2D eigenvalue weighted by Crippen LogP contribution is -2.45. The van der Waals surface area contributed by atoms with E-state index in [4.69, 9.17) is 0 Å². The highest BCUT2D eigenvalue weighted by Crippen LogP contribution is 2.15. The second kappa shape index (κ2) is 11.9. The van der Waals surface area contributed by atoms with Gasteiger partial charge in [-0.1, -0.05) is 19.8 Å². The number of amides is 1. The number of nitrogens with zero attached hydrogens (tertiary/aromatic N) is 2. The minimum atomic E-state index is -4.38. The Bertz CT molecular complexity index is 324. The number of unbranched alkanes of at least 4 members (excludes halogenated alkanes) is 2. The third kappa shape index (κ3) is 12.7. The van der Waals surface area contributed by atoms with Crippen LogP contribution in [0.3, 0.4) is 0 Å². The fourth-order valence-electron chi connectivity index (χ4n) is 1.45. The first-order valence-corrected chi connectivity index (χ1v) is 6.55. The van der Waals surface area contributed by atoms with Gasteiger partial charge in [-0.25, -0.2) is 0 Å². The summed E-state index contributed by atoms with van der Waals surface area (Å²) in [6, 6.07) is 0. The van der Waals surface area contributed by atoms with Gasteiger partial charge < -0.3 is 15.5 Å². The van der Waals surface area contributed by atoms with Crippen molar-refractivity contribution >= 4 is 35.8 Å². The predicted molar refractivity (Wildman–Crippen MR) is 88.0 cm³/mol. The lowest BCUT2D eigenvalue weighted by atomic mass is 10.2. The van der Waals surface area contributed by atoms with Crippen LogP contribution >= 0.6 is 24.0 Å². The Hall–Kier alpha value is -0.740. The maximum absolute atomic E-state index is 12.1. The van der Waals surface area contributed by atoms with Crippen molar-refractivity contribution in [3.63, 3.8) is 0 Å². The van der Waals surface area contributed by atoms with E-state index in [0.29, 0.717) is 17.4 Å². The van der Waals surface area contributed by atoms with Gasteiger partial charge in [0.2, 0.25) is 5.91 Å². The third-order valence-electron chi connectivity index (χ3n) is 2.55. The molecule has 0 aliphatic carbocycles. The molecule has 0 atom stereocenters. The first kappa shape index (κ1) is 22.5. The number of halogens is 4. The van der Waals surface area contributed by atoms with E-state index < -0.39 is 18.6 Å². The van der Waals surface area contributed by atoms with Gasteiger partial charge in [0.1, 0.15) is 6.54 Å². The van der Waals surface area contributed by atoms with Gasteiger partial charge in [-0.15, -0.1) is 24.0 Å². The standard InChI is InChI=1S/C12H23F3N4O.HI/c1-4-5-6-7-17-11(16-2)18-8-10(20)19(3)9-12(13,14)15;/h4-9H2,1-3H3,(H2,16,17,18);1H. The molecule has 9 heteroatoms. The van der Waals surface area contributed by atoms with Crippen molar-refractivity contribution < 1.29 is 18.0 Å². The van der Waals surface area contributed by atoms with Crippen LogP contribution in [0.2, 0.25) is 0 Å². The molecule has 0 aliphatic heterocycles. The minimum absolute atomic E-state index is 0. The number of rotatable bonds is 7. The maximum Gasteiger partial charge on any atom is 0.406 e. The molecule has 0 bridgehead atoms. The number of guanidine groups is 1. The molecule has 126 valence electrons. The van der Waals surface area contributed by atoms with Crippen LogP contribution in [0, 0.1) is 0 Å². The molecule has 0 aliphatic rings. The summed E-state index contributed by atoms with van der Waals surface area (Å²) in [6.45, 7) is 1.32. The normalized spacial score (nSPS) is 11.6.